The Morgan fingerprint density at radius 2 is 1.69 bits per heavy atom. The van der Waals surface area contributed by atoms with E-state index in [1.807, 2.05) is 31.2 Å². The van der Waals surface area contributed by atoms with E-state index in [1.54, 1.807) is 31.2 Å². The van der Waals surface area contributed by atoms with Crippen LogP contribution in [-0.4, -0.2) is 33.0 Å². The van der Waals surface area contributed by atoms with Crippen LogP contribution in [0, 0.1) is 6.92 Å². The summed E-state index contributed by atoms with van der Waals surface area (Å²) in [6.45, 7) is 3.37. The fourth-order valence-corrected chi connectivity index (χ4v) is 3.53. The molecule has 0 saturated carbocycles. The lowest BCUT2D eigenvalue weighted by molar-refractivity contribution is -0.145. The molecule has 2 aromatic heterocycles. The lowest BCUT2D eigenvalue weighted by Crippen LogP contribution is -2.26. The minimum absolute atomic E-state index is 0.151. The van der Waals surface area contributed by atoms with Gasteiger partial charge in [-0.1, -0.05) is 36.4 Å². The van der Waals surface area contributed by atoms with Gasteiger partial charge in [0, 0.05) is 27.5 Å². The number of para-hydroxylation sites is 1. The molecular formula is C22H19N3O4. The third-order valence-corrected chi connectivity index (χ3v) is 4.90. The van der Waals surface area contributed by atoms with Crippen LogP contribution in [0.25, 0.3) is 21.7 Å². The Bertz CT molecular complexity index is 1300. The van der Waals surface area contributed by atoms with Crippen molar-refractivity contribution in [1.29, 1.82) is 0 Å². The summed E-state index contributed by atoms with van der Waals surface area (Å²) in [6.07, 6.45) is -1.10. The number of ether oxygens (including phenoxy) is 1. The molecule has 0 bridgehead atoms. The Balaban J connectivity index is 1.54. The fraction of sp³-hybridized carbons (Fsp3) is 0.182. The highest BCUT2D eigenvalue weighted by molar-refractivity contribution is 6.11. The molecular weight excluding hydrogens is 370 g/mol. The van der Waals surface area contributed by atoms with E-state index >= 15 is 0 Å². The zero-order chi connectivity index (χ0) is 20.5. The first-order valence-electron chi connectivity index (χ1n) is 9.23. The summed E-state index contributed by atoms with van der Waals surface area (Å²) >= 11 is 0. The highest BCUT2D eigenvalue weighted by Gasteiger charge is 2.25. The Morgan fingerprint density at radius 1 is 1.03 bits per heavy atom. The van der Waals surface area contributed by atoms with E-state index in [2.05, 4.69) is 15.2 Å². The second kappa shape index (κ2) is 7.35. The van der Waals surface area contributed by atoms with Gasteiger partial charge in [0.15, 0.2) is 6.10 Å². The van der Waals surface area contributed by atoms with Crippen LogP contribution in [0.1, 0.15) is 28.7 Å². The summed E-state index contributed by atoms with van der Waals surface area (Å²) in [5.74, 6) is -0.861. The molecule has 2 heterocycles. The van der Waals surface area contributed by atoms with Gasteiger partial charge in [0.05, 0.1) is 17.5 Å². The van der Waals surface area contributed by atoms with Crippen molar-refractivity contribution < 1.29 is 14.3 Å². The van der Waals surface area contributed by atoms with Crippen LogP contribution in [-0.2, 0) is 16.0 Å². The van der Waals surface area contributed by atoms with Crippen molar-refractivity contribution in [3.63, 3.8) is 0 Å². The van der Waals surface area contributed by atoms with Crippen LogP contribution in [0.3, 0.4) is 0 Å². The van der Waals surface area contributed by atoms with Gasteiger partial charge in [-0.25, -0.2) is 5.10 Å². The molecule has 7 heteroatoms. The third-order valence-electron chi connectivity index (χ3n) is 4.90. The first-order chi connectivity index (χ1) is 14.0. The van der Waals surface area contributed by atoms with Gasteiger partial charge in [0.1, 0.15) is 0 Å². The Hall–Kier alpha value is -3.74. The molecule has 4 aromatic rings. The first-order valence-corrected chi connectivity index (χ1v) is 9.23. The number of carbonyl (C=O) groups is 2. The number of nitrogens with zero attached hydrogens (tertiary/aromatic N) is 1. The number of fused-ring (bicyclic) bond motifs is 2. The molecule has 2 aromatic carbocycles. The maximum Gasteiger partial charge on any atom is 0.312 e. The first kappa shape index (κ1) is 18.6. The minimum Gasteiger partial charge on any atom is -0.454 e. The average molecular weight is 389 g/mol. The van der Waals surface area contributed by atoms with Gasteiger partial charge < -0.3 is 9.72 Å². The molecule has 2 N–H and O–H groups in total. The number of aromatic nitrogens is 3. The molecule has 0 aliphatic carbocycles. The number of Topliss-reactive ketones (excluding diaryl/α,β-unsaturated/α-hetero) is 1. The zero-order valence-corrected chi connectivity index (χ0v) is 16.0. The topological polar surface area (TPSA) is 105 Å². The summed E-state index contributed by atoms with van der Waals surface area (Å²) in [6, 6.07) is 14.4. The van der Waals surface area contributed by atoms with Crippen molar-refractivity contribution in [2.45, 2.75) is 26.4 Å². The molecule has 0 spiro atoms. The minimum atomic E-state index is -0.950. The average Bonchev–Trinajstić information content (AvgIpc) is 3.05. The number of aromatic amines is 2. The smallest absolute Gasteiger partial charge is 0.312 e. The number of H-pyrrole nitrogens is 2. The normalized spacial score (nSPS) is 12.2. The third kappa shape index (κ3) is 3.42. The quantitative estimate of drug-likeness (QED) is 0.403. The standard InChI is InChI=1S/C22H19N3O4/c1-12-20(16-9-5-6-10-17(16)23-12)21(27)13(2)29-19(26)11-18-14-7-3-4-8-15(14)22(28)25-24-18/h3-10,13,23H,11H2,1-2H3,(H,25,28)/t13-/m1/s1. The maximum atomic E-state index is 12.9. The molecule has 0 fully saturated rings. The molecule has 0 radical (unpaired) electrons. The number of hydrogen-bond donors (Lipinski definition) is 2. The Morgan fingerprint density at radius 3 is 2.45 bits per heavy atom. The van der Waals surface area contributed by atoms with Crippen LogP contribution >= 0.6 is 0 Å². The van der Waals surface area contributed by atoms with Crippen molar-refractivity contribution in [3.8, 4) is 0 Å². The summed E-state index contributed by atoms with van der Waals surface area (Å²) in [5.41, 5.74) is 2.18. The number of benzene rings is 2. The van der Waals surface area contributed by atoms with Gasteiger partial charge in [0.25, 0.3) is 5.56 Å². The highest BCUT2D eigenvalue weighted by Crippen LogP contribution is 2.24. The van der Waals surface area contributed by atoms with Crippen LogP contribution in [0.15, 0.2) is 53.3 Å². The van der Waals surface area contributed by atoms with E-state index in [1.165, 1.54) is 0 Å². The van der Waals surface area contributed by atoms with Crippen LogP contribution in [0.5, 0.6) is 0 Å². The second-order valence-corrected chi connectivity index (χ2v) is 6.89. The van der Waals surface area contributed by atoms with Gasteiger partial charge in [-0.2, -0.15) is 5.10 Å². The summed E-state index contributed by atoms with van der Waals surface area (Å²) in [7, 11) is 0. The number of hydrogen-bond acceptors (Lipinski definition) is 5. The van der Waals surface area contributed by atoms with Crippen molar-refractivity contribution in [3.05, 3.63) is 75.8 Å². The van der Waals surface area contributed by atoms with Gasteiger partial charge in [0.2, 0.25) is 5.78 Å². The molecule has 0 unspecified atom stereocenters. The number of rotatable bonds is 5. The van der Waals surface area contributed by atoms with E-state index in [0.29, 0.717) is 22.0 Å². The van der Waals surface area contributed by atoms with E-state index in [4.69, 9.17) is 4.74 Å². The Kier molecular flexibility index (Phi) is 4.72. The van der Waals surface area contributed by atoms with E-state index in [9.17, 15) is 14.4 Å². The molecule has 4 rings (SSSR count). The zero-order valence-electron chi connectivity index (χ0n) is 16.0. The van der Waals surface area contributed by atoms with Gasteiger partial charge in [-0.05, 0) is 26.0 Å². The SMILES string of the molecule is Cc1[nH]c2ccccc2c1C(=O)[C@@H](C)OC(=O)Cc1n[nH]c(=O)c2ccccc12. The van der Waals surface area contributed by atoms with Crippen molar-refractivity contribution >= 4 is 33.4 Å². The maximum absolute atomic E-state index is 12.9. The largest absolute Gasteiger partial charge is 0.454 e. The molecule has 146 valence electrons. The van der Waals surface area contributed by atoms with Crippen molar-refractivity contribution in [1.82, 2.24) is 15.2 Å². The van der Waals surface area contributed by atoms with Gasteiger partial charge in [-0.15, -0.1) is 0 Å². The van der Waals surface area contributed by atoms with Crippen LogP contribution in [0.4, 0.5) is 0 Å². The van der Waals surface area contributed by atoms with Crippen molar-refractivity contribution in [2.75, 3.05) is 0 Å². The molecule has 1 atom stereocenters. The number of ketones is 1. The predicted octanol–water partition coefficient (Wildman–Crippen LogP) is 3.07. The summed E-state index contributed by atoms with van der Waals surface area (Å²) < 4.78 is 5.39. The molecule has 0 amide bonds. The number of esters is 1. The van der Waals surface area contributed by atoms with E-state index < -0.39 is 12.1 Å². The van der Waals surface area contributed by atoms with E-state index in [-0.39, 0.29) is 17.8 Å². The summed E-state index contributed by atoms with van der Waals surface area (Å²) in [4.78, 5) is 40.4. The number of aryl methyl sites for hydroxylation is 1. The van der Waals surface area contributed by atoms with Crippen LogP contribution < -0.4 is 5.56 Å². The molecule has 0 saturated heterocycles. The molecule has 29 heavy (non-hydrogen) atoms. The van der Waals surface area contributed by atoms with Gasteiger partial charge in [-0.3, -0.25) is 14.4 Å². The predicted molar refractivity (Wildman–Crippen MR) is 109 cm³/mol. The second-order valence-electron chi connectivity index (χ2n) is 6.89. The van der Waals surface area contributed by atoms with E-state index in [0.717, 1.165) is 16.6 Å². The summed E-state index contributed by atoms with van der Waals surface area (Å²) in [5, 5.41) is 8.19. The lowest BCUT2D eigenvalue weighted by atomic mass is 10.0. The fourth-order valence-electron chi connectivity index (χ4n) is 3.53. The lowest BCUT2D eigenvalue weighted by Gasteiger charge is -2.13. The number of nitrogens with one attached hydrogen (secondary N) is 2. The molecule has 0 aliphatic heterocycles. The monoisotopic (exact) mass is 389 g/mol. The van der Waals surface area contributed by atoms with Gasteiger partial charge >= 0.3 is 5.97 Å². The molecule has 7 nitrogen and oxygen atoms in total. The molecule has 0 aliphatic rings. The highest BCUT2D eigenvalue weighted by atomic mass is 16.5. The Labute approximate surface area is 165 Å². The van der Waals surface area contributed by atoms with Crippen molar-refractivity contribution in [2.24, 2.45) is 0 Å². The number of carbonyl (C=O) groups excluding carboxylic acids is 2. The van der Waals surface area contributed by atoms with Crippen LogP contribution in [0.2, 0.25) is 0 Å².